The predicted octanol–water partition coefficient (Wildman–Crippen LogP) is 0.851. The topological polar surface area (TPSA) is 81.1 Å². The lowest BCUT2D eigenvalue weighted by molar-refractivity contribution is -0.138. The second-order valence-electron chi connectivity index (χ2n) is 4.12. The van der Waals surface area contributed by atoms with Gasteiger partial charge in [-0.25, -0.2) is 13.6 Å². The van der Waals surface area contributed by atoms with Crippen molar-refractivity contribution in [2.45, 2.75) is 32.7 Å². The highest BCUT2D eigenvalue weighted by Crippen LogP contribution is 2.09. The van der Waals surface area contributed by atoms with Crippen LogP contribution >= 0.6 is 0 Å². The Hall–Kier alpha value is -1.44. The summed E-state index contributed by atoms with van der Waals surface area (Å²) in [5.41, 5.74) is 0. The lowest BCUT2D eigenvalue weighted by Gasteiger charge is -2.32. The van der Waals surface area contributed by atoms with E-state index >= 15 is 0 Å². The van der Waals surface area contributed by atoms with Crippen LogP contribution in [0.15, 0.2) is 0 Å². The summed E-state index contributed by atoms with van der Waals surface area (Å²) in [6.07, 6.45) is -2.24. The van der Waals surface area contributed by atoms with Gasteiger partial charge in [-0.15, -0.1) is 0 Å². The average molecular weight is 282 g/mol. The fourth-order valence-corrected chi connectivity index (χ4v) is 1.51. The third-order valence-corrected chi connectivity index (χ3v) is 2.67. The van der Waals surface area contributed by atoms with E-state index in [0.29, 0.717) is 6.42 Å². The third kappa shape index (κ3) is 6.32. The molecule has 1 atom stereocenters. The molecule has 0 aromatic carbocycles. The first kappa shape index (κ1) is 17.6. The summed E-state index contributed by atoms with van der Waals surface area (Å²) in [5, 5.41) is 17.5. The van der Waals surface area contributed by atoms with Gasteiger partial charge in [0.1, 0.15) is 6.54 Å². The van der Waals surface area contributed by atoms with Gasteiger partial charge < -0.3 is 20.0 Å². The maximum Gasteiger partial charge on any atom is 0.323 e. The molecule has 6 nitrogen and oxygen atoms in total. The number of carboxylic acid groups (broad SMARTS) is 1. The van der Waals surface area contributed by atoms with E-state index in [0.717, 1.165) is 9.80 Å². The second-order valence-corrected chi connectivity index (χ2v) is 4.12. The molecule has 112 valence electrons. The molecule has 0 bridgehead atoms. The van der Waals surface area contributed by atoms with Gasteiger partial charge in [-0.05, 0) is 13.3 Å². The molecular weight excluding hydrogens is 262 g/mol. The maximum atomic E-state index is 12.4. The maximum absolute atomic E-state index is 12.4. The summed E-state index contributed by atoms with van der Waals surface area (Å²) < 4.78 is 24.7. The van der Waals surface area contributed by atoms with Crippen molar-refractivity contribution in [2.75, 3.05) is 26.2 Å². The summed E-state index contributed by atoms with van der Waals surface area (Å²) in [4.78, 5) is 24.6. The number of hydrogen-bond acceptors (Lipinski definition) is 3. The van der Waals surface area contributed by atoms with Gasteiger partial charge in [0.15, 0.2) is 0 Å². The molecule has 0 saturated heterocycles. The van der Waals surface area contributed by atoms with E-state index in [1.165, 1.54) is 0 Å². The highest BCUT2D eigenvalue weighted by Gasteiger charge is 2.27. The van der Waals surface area contributed by atoms with Crippen molar-refractivity contribution in [3.63, 3.8) is 0 Å². The van der Waals surface area contributed by atoms with E-state index in [1.807, 2.05) is 0 Å². The van der Waals surface area contributed by atoms with Crippen LogP contribution in [0.5, 0.6) is 0 Å². The van der Waals surface area contributed by atoms with E-state index in [9.17, 15) is 18.4 Å². The first-order valence-electron chi connectivity index (χ1n) is 5.99. The van der Waals surface area contributed by atoms with E-state index in [2.05, 4.69) is 0 Å². The summed E-state index contributed by atoms with van der Waals surface area (Å²) in [7, 11) is 0. The van der Waals surface area contributed by atoms with Crippen LogP contribution in [0.3, 0.4) is 0 Å². The zero-order valence-electron chi connectivity index (χ0n) is 11.1. The van der Waals surface area contributed by atoms with Crippen molar-refractivity contribution in [1.82, 2.24) is 9.80 Å². The van der Waals surface area contributed by atoms with Crippen molar-refractivity contribution in [2.24, 2.45) is 0 Å². The lowest BCUT2D eigenvalue weighted by Crippen LogP contribution is -2.51. The van der Waals surface area contributed by atoms with E-state index in [4.69, 9.17) is 10.2 Å². The van der Waals surface area contributed by atoms with Crippen molar-refractivity contribution >= 4 is 12.0 Å². The van der Waals surface area contributed by atoms with Crippen molar-refractivity contribution < 1.29 is 28.6 Å². The van der Waals surface area contributed by atoms with Gasteiger partial charge in [0, 0.05) is 12.6 Å². The summed E-state index contributed by atoms with van der Waals surface area (Å²) in [6, 6.07) is -1.19. The molecule has 0 aliphatic carbocycles. The van der Waals surface area contributed by atoms with Gasteiger partial charge in [-0.2, -0.15) is 0 Å². The monoisotopic (exact) mass is 282 g/mol. The third-order valence-electron chi connectivity index (χ3n) is 2.67. The molecule has 0 rings (SSSR count). The first-order chi connectivity index (χ1) is 8.83. The minimum Gasteiger partial charge on any atom is -0.480 e. The Labute approximate surface area is 110 Å². The number of carbonyl (C=O) groups is 2. The number of hydrogen-bond donors (Lipinski definition) is 2. The van der Waals surface area contributed by atoms with E-state index in [-0.39, 0.29) is 12.6 Å². The predicted molar refractivity (Wildman–Crippen MR) is 64.2 cm³/mol. The van der Waals surface area contributed by atoms with Gasteiger partial charge >= 0.3 is 12.0 Å². The number of halogens is 2. The summed E-state index contributed by atoms with van der Waals surface area (Å²) in [5.74, 6) is -1.21. The summed E-state index contributed by atoms with van der Waals surface area (Å²) in [6.45, 7) is 1.30. The minimum atomic E-state index is -2.74. The Morgan fingerprint density at radius 1 is 1.32 bits per heavy atom. The van der Waals surface area contributed by atoms with Gasteiger partial charge in [0.05, 0.1) is 13.2 Å². The Balaban J connectivity index is 4.93. The molecule has 0 saturated carbocycles. The van der Waals surface area contributed by atoms with Crippen LogP contribution in [0, 0.1) is 0 Å². The number of urea groups is 1. The number of aliphatic hydroxyl groups is 1. The quantitative estimate of drug-likeness (QED) is 0.691. The molecule has 2 amide bonds. The molecule has 0 aliphatic heterocycles. The fraction of sp³-hybridized carbons (Fsp3) is 0.818. The summed E-state index contributed by atoms with van der Waals surface area (Å²) >= 11 is 0. The van der Waals surface area contributed by atoms with Crippen LogP contribution in [-0.4, -0.2) is 70.7 Å². The van der Waals surface area contributed by atoms with Crippen LogP contribution in [0.1, 0.15) is 20.3 Å². The van der Waals surface area contributed by atoms with Gasteiger partial charge in [-0.1, -0.05) is 6.92 Å². The van der Waals surface area contributed by atoms with Crippen molar-refractivity contribution in [3.8, 4) is 0 Å². The standard InChI is InChI=1S/C11H20F2N2O4/c1-3-8(2)15(7-10(17)18)11(19)14(4-5-16)6-9(12)13/h8-9,16H,3-7H2,1-2H3,(H,17,18). The molecule has 0 aliphatic rings. The smallest absolute Gasteiger partial charge is 0.323 e. The number of aliphatic carboxylic acids is 1. The zero-order valence-corrected chi connectivity index (χ0v) is 11.1. The number of rotatable bonds is 8. The Bertz CT molecular complexity index is 302. The number of aliphatic hydroxyl groups excluding tert-OH is 1. The van der Waals surface area contributed by atoms with Crippen LogP contribution < -0.4 is 0 Å². The molecule has 1 unspecified atom stereocenters. The molecule has 0 heterocycles. The normalized spacial score (nSPS) is 12.3. The largest absolute Gasteiger partial charge is 0.480 e. The van der Waals surface area contributed by atoms with Crippen LogP contribution in [0.25, 0.3) is 0 Å². The molecular formula is C11H20F2N2O4. The molecule has 19 heavy (non-hydrogen) atoms. The van der Waals surface area contributed by atoms with Crippen molar-refractivity contribution in [3.05, 3.63) is 0 Å². The number of nitrogens with zero attached hydrogens (tertiary/aromatic N) is 2. The average Bonchev–Trinajstić information content (AvgIpc) is 2.33. The SMILES string of the molecule is CCC(C)N(CC(=O)O)C(=O)N(CCO)CC(F)F. The number of carbonyl (C=O) groups excluding carboxylic acids is 1. The lowest BCUT2D eigenvalue weighted by atomic mass is 10.2. The molecule has 0 fully saturated rings. The number of carboxylic acids is 1. The fourth-order valence-electron chi connectivity index (χ4n) is 1.51. The minimum absolute atomic E-state index is 0.254. The number of amides is 2. The first-order valence-corrected chi connectivity index (χ1v) is 5.99. The Morgan fingerprint density at radius 2 is 1.89 bits per heavy atom. The van der Waals surface area contributed by atoms with E-state index < -0.39 is 38.1 Å². The van der Waals surface area contributed by atoms with Crippen LogP contribution in [-0.2, 0) is 4.79 Å². The number of alkyl halides is 2. The Morgan fingerprint density at radius 3 is 2.26 bits per heavy atom. The molecule has 8 heteroatoms. The second kappa shape index (κ2) is 8.63. The van der Waals surface area contributed by atoms with Crippen molar-refractivity contribution in [1.29, 1.82) is 0 Å². The zero-order chi connectivity index (χ0) is 15.0. The molecule has 0 aromatic heterocycles. The molecule has 0 radical (unpaired) electrons. The highest BCUT2D eigenvalue weighted by molar-refractivity contribution is 5.80. The molecule has 2 N–H and O–H groups in total. The van der Waals surface area contributed by atoms with Crippen LogP contribution in [0.4, 0.5) is 13.6 Å². The highest BCUT2D eigenvalue weighted by atomic mass is 19.3. The molecule has 0 spiro atoms. The Kier molecular flexibility index (Phi) is 7.97. The molecule has 0 aromatic rings. The van der Waals surface area contributed by atoms with Gasteiger partial charge in [-0.3, -0.25) is 4.79 Å². The van der Waals surface area contributed by atoms with Gasteiger partial charge in [0.25, 0.3) is 6.43 Å². The van der Waals surface area contributed by atoms with Crippen LogP contribution in [0.2, 0.25) is 0 Å². The van der Waals surface area contributed by atoms with Gasteiger partial charge in [0.2, 0.25) is 0 Å². The van der Waals surface area contributed by atoms with E-state index in [1.54, 1.807) is 13.8 Å².